The van der Waals surface area contributed by atoms with Crippen LogP contribution >= 0.6 is 0 Å². The second-order valence-corrected chi connectivity index (χ2v) is 12.2. The van der Waals surface area contributed by atoms with Crippen LogP contribution in [0.2, 0.25) is 0 Å². The van der Waals surface area contributed by atoms with Crippen LogP contribution in [0.5, 0.6) is 0 Å². The Morgan fingerprint density at radius 1 is 0.816 bits per heavy atom. The van der Waals surface area contributed by atoms with E-state index in [2.05, 4.69) is 93.6 Å². The maximum Gasteiger partial charge on any atom is 0.157 e. The Kier molecular flexibility index (Phi) is 11.7. The van der Waals surface area contributed by atoms with Crippen molar-refractivity contribution < 1.29 is 0 Å². The van der Waals surface area contributed by atoms with Gasteiger partial charge < -0.3 is 5.73 Å². The molecule has 0 heterocycles. The minimum atomic E-state index is 0.285. The molecule has 2 N–H and O–H groups in total. The van der Waals surface area contributed by atoms with Crippen molar-refractivity contribution in [1.82, 2.24) is 0 Å². The van der Waals surface area contributed by atoms with Gasteiger partial charge in [0.05, 0.1) is 18.2 Å². The van der Waals surface area contributed by atoms with E-state index in [1.807, 2.05) is 91.9 Å². The number of nitrogens with zero attached hydrogens (tertiary/aromatic N) is 3. The van der Waals surface area contributed by atoms with Crippen LogP contribution in [0.4, 0.5) is 0 Å². The van der Waals surface area contributed by atoms with Gasteiger partial charge in [0, 0.05) is 16.7 Å². The van der Waals surface area contributed by atoms with E-state index >= 15 is 0 Å². The van der Waals surface area contributed by atoms with Crippen LogP contribution in [-0.4, -0.2) is 11.7 Å². The third-order valence-corrected chi connectivity index (χ3v) is 8.29. The van der Waals surface area contributed by atoms with Gasteiger partial charge in [-0.15, -0.1) is 0 Å². The largest absolute Gasteiger partial charge is 0.383 e. The van der Waals surface area contributed by atoms with Crippen molar-refractivity contribution in [3.05, 3.63) is 185 Å². The zero-order chi connectivity index (χ0) is 34.6. The number of hydrogen-bond acceptors (Lipinski definition) is 2. The molecular weight excluding hydrogens is 597 g/mol. The molecule has 49 heavy (non-hydrogen) atoms. The van der Waals surface area contributed by atoms with Gasteiger partial charge >= 0.3 is 0 Å². The zero-order valence-electron chi connectivity index (χ0n) is 28.6. The van der Waals surface area contributed by atoms with E-state index in [0.717, 1.165) is 50.1 Å². The molecule has 0 aliphatic carbocycles. The molecule has 0 saturated carbocycles. The van der Waals surface area contributed by atoms with Crippen molar-refractivity contribution >= 4 is 17.7 Å². The van der Waals surface area contributed by atoms with Crippen LogP contribution in [0.1, 0.15) is 60.1 Å². The molecule has 4 heteroatoms. The van der Waals surface area contributed by atoms with Gasteiger partial charge in [0.15, 0.2) is 5.84 Å². The Morgan fingerprint density at radius 2 is 1.51 bits per heavy atom. The van der Waals surface area contributed by atoms with Gasteiger partial charge in [-0.3, -0.25) is 4.99 Å². The highest BCUT2D eigenvalue weighted by atomic mass is 15.0. The van der Waals surface area contributed by atoms with Gasteiger partial charge in [-0.1, -0.05) is 153 Å². The van der Waals surface area contributed by atoms with Crippen LogP contribution in [0.25, 0.3) is 28.3 Å². The topological polar surface area (TPSA) is 74.5 Å². The number of rotatable bonds is 10. The van der Waals surface area contributed by atoms with Crippen LogP contribution in [0.3, 0.4) is 0 Å². The van der Waals surface area contributed by atoms with Crippen LogP contribution in [0, 0.1) is 18.3 Å². The molecule has 5 aromatic rings. The van der Waals surface area contributed by atoms with Crippen LogP contribution in [0.15, 0.2) is 161 Å². The van der Waals surface area contributed by atoms with Crippen molar-refractivity contribution in [2.45, 2.75) is 40.2 Å². The van der Waals surface area contributed by atoms with E-state index in [4.69, 9.17) is 15.7 Å². The molecule has 242 valence electrons. The molecule has 0 aromatic heterocycles. The first-order chi connectivity index (χ1) is 23.9. The van der Waals surface area contributed by atoms with Gasteiger partial charge in [0.25, 0.3) is 0 Å². The number of aryl methyl sites for hydroxylation is 1. The predicted octanol–water partition coefficient (Wildman–Crippen LogP) is 10.8. The molecule has 0 saturated heterocycles. The van der Waals surface area contributed by atoms with Crippen LogP contribution < -0.4 is 5.73 Å². The highest BCUT2D eigenvalue weighted by Gasteiger charge is 2.16. The summed E-state index contributed by atoms with van der Waals surface area (Å²) < 4.78 is 0. The summed E-state index contributed by atoms with van der Waals surface area (Å²) in [6.07, 6.45) is 10.1. The number of hydrogen-bond donors (Lipinski definition) is 1. The summed E-state index contributed by atoms with van der Waals surface area (Å²) >= 11 is 0. The lowest BCUT2D eigenvalue weighted by Gasteiger charge is -2.18. The Bertz CT molecular complexity index is 2070. The number of allylic oxidation sites excluding steroid dienone is 3. The van der Waals surface area contributed by atoms with Gasteiger partial charge in [-0.2, -0.15) is 5.26 Å². The molecule has 0 spiro atoms. The first-order valence-electron chi connectivity index (χ1n) is 16.6. The second-order valence-electron chi connectivity index (χ2n) is 12.2. The van der Waals surface area contributed by atoms with E-state index in [1.165, 1.54) is 5.56 Å². The Labute approximate surface area is 291 Å². The molecule has 4 nitrogen and oxygen atoms in total. The van der Waals surface area contributed by atoms with Crippen LogP contribution in [-0.2, 0) is 6.54 Å². The molecular formula is C45H42N4. The van der Waals surface area contributed by atoms with E-state index in [-0.39, 0.29) is 5.92 Å². The highest BCUT2D eigenvalue weighted by molar-refractivity contribution is 6.13. The fourth-order valence-electron chi connectivity index (χ4n) is 5.70. The van der Waals surface area contributed by atoms with E-state index in [1.54, 1.807) is 0 Å². The maximum absolute atomic E-state index is 9.84. The van der Waals surface area contributed by atoms with Gasteiger partial charge in [0.2, 0.25) is 0 Å². The first kappa shape index (κ1) is 34.3. The minimum Gasteiger partial charge on any atom is -0.383 e. The number of nitriles is 1. The Morgan fingerprint density at radius 3 is 2.18 bits per heavy atom. The maximum atomic E-state index is 9.84. The molecule has 0 aliphatic heterocycles. The summed E-state index contributed by atoms with van der Waals surface area (Å²) in [7, 11) is 0. The lowest BCUT2D eigenvalue weighted by Crippen LogP contribution is -2.16. The van der Waals surface area contributed by atoms with E-state index < -0.39 is 0 Å². The summed E-state index contributed by atoms with van der Waals surface area (Å²) in [5, 5.41) is 9.84. The lowest BCUT2D eigenvalue weighted by molar-refractivity contribution is 0.869. The summed E-state index contributed by atoms with van der Waals surface area (Å²) in [6, 6.07) is 43.3. The van der Waals surface area contributed by atoms with Gasteiger partial charge in [-0.05, 0) is 70.9 Å². The monoisotopic (exact) mass is 638 g/mol. The standard InChI is InChI=1S/C45H42N4/c1-5-6-9-20-39(45(48-31-35-16-10-7-11-17-35)49-44(47)37-18-12-8-13-19-37)28-34-22-24-36(25-23-34)38-26-27-41(42(29-38)32(2)3)43-33(4)15-14-21-40(43)30-46/h5-29,32H,31H2,1-4H3,(H2,47,48,49)/b6-5-,20-9-,39-28-. The lowest BCUT2D eigenvalue weighted by atomic mass is 9.86. The number of nitrogens with two attached hydrogens (primary N) is 1. The second kappa shape index (κ2) is 16.7. The van der Waals surface area contributed by atoms with Crippen molar-refractivity contribution in [2.24, 2.45) is 15.7 Å². The Balaban J connectivity index is 1.54. The SMILES string of the molecule is C\C=C/C=C\C(=C\c1ccc(-c2ccc(-c3c(C)cccc3C#N)c(C(C)C)c2)cc1)C(=NCc1ccccc1)N=C(N)c1ccccc1. The molecule has 5 aromatic carbocycles. The average molecular weight is 639 g/mol. The number of benzene rings is 5. The molecule has 0 aliphatic rings. The number of amidine groups is 2. The van der Waals surface area contributed by atoms with Crippen molar-refractivity contribution in [3.63, 3.8) is 0 Å². The third-order valence-electron chi connectivity index (χ3n) is 8.29. The number of aliphatic imine (C=N–C) groups is 2. The fourth-order valence-corrected chi connectivity index (χ4v) is 5.70. The normalized spacial score (nSPS) is 12.6. The summed E-state index contributed by atoms with van der Waals surface area (Å²) in [5.74, 6) is 1.25. The molecule has 5 rings (SSSR count). The molecule has 0 fully saturated rings. The zero-order valence-corrected chi connectivity index (χ0v) is 28.6. The Hall–Kier alpha value is -6.05. The smallest absolute Gasteiger partial charge is 0.157 e. The summed E-state index contributed by atoms with van der Waals surface area (Å²) in [4.78, 5) is 9.82. The molecule has 0 radical (unpaired) electrons. The van der Waals surface area contributed by atoms with Crippen molar-refractivity contribution in [2.75, 3.05) is 0 Å². The summed E-state index contributed by atoms with van der Waals surface area (Å²) in [6.45, 7) is 8.94. The van der Waals surface area contributed by atoms with Crippen molar-refractivity contribution in [3.8, 4) is 28.3 Å². The van der Waals surface area contributed by atoms with Crippen molar-refractivity contribution in [1.29, 1.82) is 5.26 Å². The average Bonchev–Trinajstić information content (AvgIpc) is 3.13. The van der Waals surface area contributed by atoms with Gasteiger partial charge in [-0.25, -0.2) is 4.99 Å². The van der Waals surface area contributed by atoms with E-state index in [0.29, 0.717) is 23.8 Å². The summed E-state index contributed by atoms with van der Waals surface area (Å²) in [5.41, 5.74) is 17.7. The van der Waals surface area contributed by atoms with E-state index in [9.17, 15) is 5.26 Å². The minimum absolute atomic E-state index is 0.285. The molecule has 0 atom stereocenters. The molecule has 0 amide bonds. The fraction of sp³-hybridized carbons (Fsp3) is 0.133. The molecule has 0 bridgehead atoms. The quantitative estimate of drug-likeness (QED) is 0.0939. The first-order valence-corrected chi connectivity index (χ1v) is 16.6. The van der Waals surface area contributed by atoms with Gasteiger partial charge in [0.1, 0.15) is 5.84 Å². The highest BCUT2D eigenvalue weighted by Crippen LogP contribution is 2.36. The third kappa shape index (κ3) is 8.86. The predicted molar refractivity (Wildman–Crippen MR) is 208 cm³/mol. The molecule has 0 unspecified atom stereocenters.